The van der Waals surface area contributed by atoms with Crippen LogP contribution < -0.4 is 4.72 Å². The molecule has 0 fully saturated rings. The van der Waals surface area contributed by atoms with E-state index in [2.05, 4.69) is 4.72 Å². The van der Waals surface area contributed by atoms with Gasteiger partial charge in [0, 0.05) is 6.54 Å². The second kappa shape index (κ2) is 5.77. The van der Waals surface area contributed by atoms with Crippen molar-refractivity contribution in [2.24, 2.45) is 0 Å². The van der Waals surface area contributed by atoms with E-state index in [0.29, 0.717) is 11.4 Å². The summed E-state index contributed by atoms with van der Waals surface area (Å²) < 4.78 is 27.1. The fraction of sp³-hybridized carbons (Fsp3) is 0.250. The van der Waals surface area contributed by atoms with E-state index >= 15 is 0 Å². The summed E-state index contributed by atoms with van der Waals surface area (Å²) >= 11 is 0. The van der Waals surface area contributed by atoms with Crippen molar-refractivity contribution in [2.75, 3.05) is 0 Å². The highest BCUT2D eigenvalue weighted by atomic mass is 32.2. The van der Waals surface area contributed by atoms with E-state index in [9.17, 15) is 8.42 Å². The van der Waals surface area contributed by atoms with Gasteiger partial charge in [-0.15, -0.1) is 0 Å². The predicted molar refractivity (Wildman–Crippen MR) is 81.1 cm³/mol. The van der Waals surface area contributed by atoms with Crippen LogP contribution >= 0.6 is 0 Å². The minimum absolute atomic E-state index is 0.301. The molecule has 0 bridgehead atoms. The van der Waals surface area contributed by atoms with Gasteiger partial charge in [0.15, 0.2) is 0 Å². The Balaban J connectivity index is 2.14. The molecule has 3 nitrogen and oxygen atoms in total. The van der Waals surface area contributed by atoms with Crippen LogP contribution in [-0.2, 0) is 16.6 Å². The summed E-state index contributed by atoms with van der Waals surface area (Å²) in [5.74, 6) is 0. The molecule has 0 aliphatic carbocycles. The van der Waals surface area contributed by atoms with Crippen molar-refractivity contribution in [3.8, 4) is 0 Å². The van der Waals surface area contributed by atoms with Crippen LogP contribution in [0.5, 0.6) is 0 Å². The van der Waals surface area contributed by atoms with Gasteiger partial charge in [-0.3, -0.25) is 0 Å². The summed E-state index contributed by atoms with van der Waals surface area (Å²) in [6.45, 7) is 6.18. The van der Waals surface area contributed by atoms with E-state index in [1.807, 2.05) is 51.1 Å². The first kappa shape index (κ1) is 14.8. The lowest BCUT2D eigenvalue weighted by atomic mass is 10.1. The van der Waals surface area contributed by atoms with Gasteiger partial charge < -0.3 is 0 Å². The summed E-state index contributed by atoms with van der Waals surface area (Å²) in [6.07, 6.45) is 0. The fourth-order valence-corrected chi connectivity index (χ4v) is 2.95. The molecule has 2 aromatic rings. The molecule has 106 valence electrons. The number of aryl methyl sites for hydroxylation is 3. The lowest BCUT2D eigenvalue weighted by Gasteiger charge is -2.09. The number of nitrogens with one attached hydrogen (secondary N) is 1. The summed E-state index contributed by atoms with van der Waals surface area (Å²) in [7, 11) is -3.46. The molecule has 0 unspecified atom stereocenters. The van der Waals surface area contributed by atoms with Gasteiger partial charge in [0.2, 0.25) is 10.0 Å². The molecule has 0 amide bonds. The van der Waals surface area contributed by atoms with Crippen LogP contribution in [0.15, 0.2) is 47.4 Å². The van der Waals surface area contributed by atoms with Gasteiger partial charge in [-0.05, 0) is 49.6 Å². The Labute approximate surface area is 120 Å². The van der Waals surface area contributed by atoms with Crippen molar-refractivity contribution in [3.05, 3.63) is 64.7 Å². The van der Waals surface area contributed by atoms with E-state index in [0.717, 1.165) is 22.3 Å². The Bertz CT molecular complexity index is 704. The van der Waals surface area contributed by atoms with Crippen molar-refractivity contribution >= 4 is 10.0 Å². The molecule has 0 aliphatic rings. The number of sulfonamides is 1. The third-order valence-corrected chi connectivity index (χ3v) is 4.77. The van der Waals surface area contributed by atoms with Crippen molar-refractivity contribution < 1.29 is 8.42 Å². The lowest BCUT2D eigenvalue weighted by molar-refractivity contribution is 0.581. The maximum Gasteiger partial charge on any atom is 0.240 e. The van der Waals surface area contributed by atoms with Gasteiger partial charge in [-0.2, -0.15) is 0 Å². The van der Waals surface area contributed by atoms with E-state index in [1.54, 1.807) is 12.1 Å². The Hall–Kier alpha value is -1.65. The van der Waals surface area contributed by atoms with Crippen LogP contribution in [0.25, 0.3) is 0 Å². The normalized spacial score (nSPS) is 11.6. The zero-order chi connectivity index (χ0) is 14.8. The summed E-state index contributed by atoms with van der Waals surface area (Å²) in [4.78, 5) is 0.313. The van der Waals surface area contributed by atoms with Crippen LogP contribution in [-0.4, -0.2) is 8.42 Å². The highest BCUT2D eigenvalue weighted by Crippen LogP contribution is 2.15. The Kier molecular flexibility index (Phi) is 4.26. The lowest BCUT2D eigenvalue weighted by Crippen LogP contribution is -2.23. The zero-order valence-corrected chi connectivity index (χ0v) is 12.8. The van der Waals surface area contributed by atoms with Gasteiger partial charge >= 0.3 is 0 Å². The topological polar surface area (TPSA) is 46.2 Å². The highest BCUT2D eigenvalue weighted by Gasteiger charge is 2.14. The minimum Gasteiger partial charge on any atom is -0.207 e. The third kappa shape index (κ3) is 3.46. The number of hydrogen-bond donors (Lipinski definition) is 1. The molecule has 0 atom stereocenters. The van der Waals surface area contributed by atoms with Crippen LogP contribution in [0.1, 0.15) is 22.3 Å². The first-order chi connectivity index (χ1) is 9.38. The summed E-state index contributed by atoms with van der Waals surface area (Å²) in [6, 6.07) is 13.0. The maximum atomic E-state index is 12.2. The van der Waals surface area contributed by atoms with Crippen molar-refractivity contribution in [1.82, 2.24) is 4.72 Å². The maximum absolute atomic E-state index is 12.2. The van der Waals surface area contributed by atoms with Crippen LogP contribution in [0.4, 0.5) is 0 Å². The van der Waals surface area contributed by atoms with E-state index in [1.165, 1.54) is 0 Å². The van der Waals surface area contributed by atoms with Gasteiger partial charge in [0.05, 0.1) is 4.90 Å². The monoisotopic (exact) mass is 289 g/mol. The first-order valence-corrected chi connectivity index (χ1v) is 7.99. The number of rotatable bonds is 4. The second-order valence-electron chi connectivity index (χ2n) is 5.06. The smallest absolute Gasteiger partial charge is 0.207 e. The van der Waals surface area contributed by atoms with Crippen molar-refractivity contribution in [2.45, 2.75) is 32.2 Å². The van der Waals surface area contributed by atoms with Crippen molar-refractivity contribution in [3.63, 3.8) is 0 Å². The molecule has 2 aromatic carbocycles. The number of hydrogen-bond acceptors (Lipinski definition) is 2. The SMILES string of the molecule is Cc1ccc(CNS(=O)(=O)c2ccc(C)c(C)c2)cc1. The standard InChI is InChI=1S/C16H19NO2S/c1-12-4-7-15(8-5-12)11-17-20(18,19)16-9-6-13(2)14(3)10-16/h4-10,17H,11H2,1-3H3. The molecular weight excluding hydrogens is 270 g/mol. The highest BCUT2D eigenvalue weighted by molar-refractivity contribution is 7.89. The molecule has 2 rings (SSSR count). The molecule has 0 radical (unpaired) electrons. The fourth-order valence-electron chi connectivity index (χ4n) is 1.85. The molecule has 0 saturated carbocycles. The van der Waals surface area contributed by atoms with E-state index in [-0.39, 0.29) is 0 Å². The zero-order valence-electron chi connectivity index (χ0n) is 12.0. The molecule has 0 spiro atoms. The van der Waals surface area contributed by atoms with Crippen molar-refractivity contribution in [1.29, 1.82) is 0 Å². The molecular formula is C16H19NO2S. The van der Waals surface area contributed by atoms with Crippen LogP contribution in [0, 0.1) is 20.8 Å². The van der Waals surface area contributed by atoms with Crippen LogP contribution in [0.2, 0.25) is 0 Å². The summed E-state index contributed by atoms with van der Waals surface area (Å²) in [5.41, 5.74) is 4.17. The predicted octanol–water partition coefficient (Wildman–Crippen LogP) is 3.09. The average molecular weight is 289 g/mol. The molecule has 0 saturated heterocycles. The molecule has 4 heteroatoms. The second-order valence-corrected chi connectivity index (χ2v) is 6.82. The van der Waals surface area contributed by atoms with Gasteiger partial charge in [-0.25, -0.2) is 13.1 Å². The average Bonchev–Trinajstić information content (AvgIpc) is 2.41. The molecule has 20 heavy (non-hydrogen) atoms. The minimum atomic E-state index is -3.46. The van der Waals surface area contributed by atoms with E-state index in [4.69, 9.17) is 0 Å². The Morgan fingerprint density at radius 3 is 2.15 bits per heavy atom. The van der Waals surface area contributed by atoms with E-state index < -0.39 is 10.0 Å². The van der Waals surface area contributed by atoms with Gasteiger partial charge in [-0.1, -0.05) is 35.9 Å². The molecule has 1 N–H and O–H groups in total. The third-order valence-electron chi connectivity index (χ3n) is 3.38. The molecule has 0 aliphatic heterocycles. The Morgan fingerprint density at radius 1 is 0.900 bits per heavy atom. The number of benzene rings is 2. The quantitative estimate of drug-likeness (QED) is 0.940. The van der Waals surface area contributed by atoms with Gasteiger partial charge in [0.25, 0.3) is 0 Å². The molecule has 0 heterocycles. The summed E-state index contributed by atoms with van der Waals surface area (Å²) in [5, 5.41) is 0. The Morgan fingerprint density at radius 2 is 1.55 bits per heavy atom. The first-order valence-electron chi connectivity index (χ1n) is 6.51. The van der Waals surface area contributed by atoms with Crippen LogP contribution in [0.3, 0.4) is 0 Å². The largest absolute Gasteiger partial charge is 0.240 e. The van der Waals surface area contributed by atoms with Gasteiger partial charge in [0.1, 0.15) is 0 Å². The molecule has 0 aromatic heterocycles.